The van der Waals surface area contributed by atoms with E-state index in [1.54, 1.807) is 18.3 Å². The van der Waals surface area contributed by atoms with Crippen LogP contribution in [0.15, 0.2) is 42.7 Å². The van der Waals surface area contributed by atoms with E-state index in [2.05, 4.69) is 28.2 Å². The van der Waals surface area contributed by atoms with Gasteiger partial charge in [-0.1, -0.05) is 6.07 Å². The molecule has 137 valence electrons. The molecule has 1 amide bonds. The Labute approximate surface area is 155 Å². The van der Waals surface area contributed by atoms with E-state index < -0.39 is 0 Å². The minimum atomic E-state index is -0.103. The molecule has 2 N–H and O–H groups in total. The molecule has 0 spiro atoms. The predicted octanol–water partition coefficient (Wildman–Crippen LogP) is 3.54. The monoisotopic (exact) mass is 352 g/mol. The largest absolute Gasteiger partial charge is 0.508 e. The zero-order valence-corrected chi connectivity index (χ0v) is 15.2. The summed E-state index contributed by atoms with van der Waals surface area (Å²) in [6.45, 7) is 8.62. The summed E-state index contributed by atoms with van der Waals surface area (Å²) in [5.41, 5.74) is 2.83. The molecule has 1 aromatic heterocycles. The first-order valence-corrected chi connectivity index (χ1v) is 9.09. The fraction of sp³-hybridized carbons (Fsp3) is 0.381. The van der Waals surface area contributed by atoms with Crippen LogP contribution < -0.4 is 5.32 Å². The first kappa shape index (κ1) is 18.4. The van der Waals surface area contributed by atoms with E-state index in [1.807, 2.05) is 18.3 Å². The van der Waals surface area contributed by atoms with Crippen molar-refractivity contribution in [1.29, 1.82) is 0 Å². The van der Waals surface area contributed by atoms with Gasteiger partial charge < -0.3 is 15.3 Å². The number of piperidine rings is 1. The van der Waals surface area contributed by atoms with Crippen LogP contribution in [0.3, 0.4) is 0 Å². The molecule has 1 saturated heterocycles. The quantitative estimate of drug-likeness (QED) is 0.808. The highest BCUT2D eigenvalue weighted by atomic mass is 16.3. The number of aromatic hydroxyl groups is 1. The van der Waals surface area contributed by atoms with Crippen LogP contribution in [-0.4, -0.2) is 40.5 Å². The van der Waals surface area contributed by atoms with Crippen molar-refractivity contribution >= 4 is 11.6 Å². The number of rotatable bonds is 5. The van der Waals surface area contributed by atoms with Crippen molar-refractivity contribution in [2.24, 2.45) is 0 Å². The van der Waals surface area contributed by atoms with Gasteiger partial charge in [-0.3, -0.25) is 9.78 Å². The average molecular weight is 352 g/mol. The highest BCUT2D eigenvalue weighted by molar-refractivity contribution is 5.88. The zero-order chi connectivity index (χ0) is 18.5. The van der Waals surface area contributed by atoms with Crippen LogP contribution in [0.4, 0.5) is 5.69 Å². The van der Waals surface area contributed by atoms with Gasteiger partial charge >= 0.3 is 0 Å². The number of hydrogen-bond acceptors (Lipinski definition) is 4. The molecule has 5 heteroatoms. The second-order valence-electron chi connectivity index (χ2n) is 7.01. The number of hydrogen-bond donors (Lipinski definition) is 2. The Morgan fingerprint density at radius 2 is 2.15 bits per heavy atom. The molecule has 1 aromatic carbocycles. The van der Waals surface area contributed by atoms with Gasteiger partial charge in [0.05, 0.1) is 0 Å². The molecule has 5 nitrogen and oxygen atoms in total. The molecule has 1 fully saturated rings. The molecule has 1 radical (unpaired) electrons. The number of carbonyl (C=O) groups is 1. The number of phenolic OH excluding ortho intramolecular Hbond substituents is 1. The van der Waals surface area contributed by atoms with Crippen molar-refractivity contribution in [2.75, 3.05) is 25.0 Å². The fourth-order valence-corrected chi connectivity index (χ4v) is 3.62. The smallest absolute Gasteiger partial charge is 0.221 e. The summed E-state index contributed by atoms with van der Waals surface area (Å²) >= 11 is 0. The van der Waals surface area contributed by atoms with Crippen LogP contribution in [-0.2, 0) is 4.79 Å². The Bertz CT molecular complexity index is 740. The number of likely N-dealkylation sites (tertiary alicyclic amines) is 1. The number of phenols is 1. The van der Waals surface area contributed by atoms with Crippen LogP contribution in [0, 0.1) is 6.92 Å². The molecule has 0 aliphatic carbocycles. The number of aromatic nitrogens is 1. The van der Waals surface area contributed by atoms with Crippen molar-refractivity contribution in [1.82, 2.24) is 9.88 Å². The van der Waals surface area contributed by atoms with Crippen molar-refractivity contribution in [3.05, 3.63) is 60.8 Å². The molecular formula is C21H26N3O2. The van der Waals surface area contributed by atoms with E-state index in [0.717, 1.165) is 49.3 Å². The van der Waals surface area contributed by atoms with Crippen LogP contribution in [0.5, 0.6) is 5.75 Å². The van der Waals surface area contributed by atoms with Gasteiger partial charge in [0.2, 0.25) is 5.91 Å². The molecule has 1 unspecified atom stereocenters. The minimum Gasteiger partial charge on any atom is -0.508 e. The predicted molar refractivity (Wildman–Crippen MR) is 103 cm³/mol. The molecule has 0 bridgehead atoms. The first-order chi connectivity index (χ1) is 12.5. The maximum Gasteiger partial charge on any atom is 0.221 e. The van der Waals surface area contributed by atoms with Gasteiger partial charge in [0.25, 0.3) is 0 Å². The van der Waals surface area contributed by atoms with Crippen molar-refractivity contribution in [3.8, 4) is 5.75 Å². The van der Waals surface area contributed by atoms with Gasteiger partial charge in [-0.15, -0.1) is 0 Å². The topological polar surface area (TPSA) is 65.5 Å². The molecule has 1 aliphatic heterocycles. The highest BCUT2D eigenvalue weighted by Gasteiger charge is 2.24. The molecule has 2 heterocycles. The number of pyridine rings is 1. The van der Waals surface area contributed by atoms with E-state index >= 15 is 0 Å². The summed E-state index contributed by atoms with van der Waals surface area (Å²) in [4.78, 5) is 17.9. The van der Waals surface area contributed by atoms with Gasteiger partial charge in [-0.25, -0.2) is 0 Å². The van der Waals surface area contributed by atoms with Gasteiger partial charge in [0, 0.05) is 31.5 Å². The zero-order valence-electron chi connectivity index (χ0n) is 15.2. The number of amides is 1. The summed E-state index contributed by atoms with van der Waals surface area (Å²) in [6.07, 6.45) is 5.63. The molecule has 26 heavy (non-hydrogen) atoms. The van der Waals surface area contributed by atoms with Crippen LogP contribution >= 0.6 is 0 Å². The SMILES string of the molecule is [CH2]C(CN1CCC(c2cc(NC(C)=O)ccc2O)CC1)c1cccnc1. The lowest BCUT2D eigenvalue weighted by Gasteiger charge is -2.34. The maximum absolute atomic E-state index is 11.3. The van der Waals surface area contributed by atoms with Crippen LogP contribution in [0.25, 0.3) is 0 Å². The third-order valence-electron chi connectivity index (χ3n) is 5.01. The summed E-state index contributed by atoms with van der Waals surface area (Å²) in [5.74, 6) is 0.717. The Kier molecular flexibility index (Phi) is 5.89. The van der Waals surface area contributed by atoms with E-state index in [0.29, 0.717) is 11.7 Å². The van der Waals surface area contributed by atoms with Gasteiger partial charge in [-0.05, 0) is 80.1 Å². The van der Waals surface area contributed by atoms with Gasteiger partial charge in [0.15, 0.2) is 0 Å². The number of nitrogens with zero attached hydrogens (tertiary/aromatic N) is 2. The highest BCUT2D eigenvalue weighted by Crippen LogP contribution is 2.35. The van der Waals surface area contributed by atoms with E-state index in [1.165, 1.54) is 6.92 Å². The fourth-order valence-electron chi connectivity index (χ4n) is 3.62. The van der Waals surface area contributed by atoms with Crippen molar-refractivity contribution in [3.63, 3.8) is 0 Å². The number of benzene rings is 1. The van der Waals surface area contributed by atoms with Gasteiger partial charge in [-0.2, -0.15) is 0 Å². The number of carbonyl (C=O) groups excluding carboxylic acids is 1. The maximum atomic E-state index is 11.3. The Balaban J connectivity index is 1.59. The summed E-state index contributed by atoms with van der Waals surface area (Å²) < 4.78 is 0. The summed E-state index contributed by atoms with van der Waals surface area (Å²) in [5, 5.41) is 13.0. The molecule has 2 aromatic rings. The van der Waals surface area contributed by atoms with E-state index in [-0.39, 0.29) is 11.8 Å². The van der Waals surface area contributed by atoms with Crippen molar-refractivity contribution in [2.45, 2.75) is 31.6 Å². The lowest BCUT2D eigenvalue weighted by Crippen LogP contribution is -2.35. The Hall–Kier alpha value is -2.40. The third-order valence-corrected chi connectivity index (χ3v) is 5.01. The normalized spacial score (nSPS) is 17.0. The molecular weight excluding hydrogens is 326 g/mol. The van der Waals surface area contributed by atoms with Crippen LogP contribution in [0.1, 0.15) is 42.7 Å². The first-order valence-electron chi connectivity index (χ1n) is 9.09. The average Bonchev–Trinajstić information content (AvgIpc) is 2.64. The van der Waals surface area contributed by atoms with Crippen molar-refractivity contribution < 1.29 is 9.90 Å². The molecule has 0 saturated carbocycles. The standard InChI is InChI=1S/C21H26N3O2/c1-15(18-4-3-9-22-13-18)14-24-10-7-17(8-11-24)20-12-19(23-16(2)25)5-6-21(20)26/h3-6,9,12-13,15,17,26H,1,7-8,10-11,14H2,2H3,(H,23,25). The Morgan fingerprint density at radius 1 is 1.38 bits per heavy atom. The Morgan fingerprint density at radius 3 is 2.81 bits per heavy atom. The number of anilines is 1. The lowest BCUT2D eigenvalue weighted by atomic mass is 9.88. The molecule has 1 aliphatic rings. The minimum absolute atomic E-state index is 0.103. The van der Waals surface area contributed by atoms with Gasteiger partial charge in [0.1, 0.15) is 5.75 Å². The van der Waals surface area contributed by atoms with E-state index in [9.17, 15) is 9.90 Å². The molecule has 3 rings (SSSR count). The lowest BCUT2D eigenvalue weighted by molar-refractivity contribution is -0.114. The second-order valence-corrected chi connectivity index (χ2v) is 7.01. The number of nitrogens with one attached hydrogen (secondary N) is 1. The second kappa shape index (κ2) is 8.32. The molecule has 1 atom stereocenters. The third kappa shape index (κ3) is 4.61. The van der Waals surface area contributed by atoms with E-state index in [4.69, 9.17) is 0 Å². The summed E-state index contributed by atoms with van der Waals surface area (Å²) in [6, 6.07) is 9.32. The van der Waals surface area contributed by atoms with Crippen LogP contribution in [0.2, 0.25) is 0 Å². The summed E-state index contributed by atoms with van der Waals surface area (Å²) in [7, 11) is 0.